The second-order valence-electron chi connectivity index (χ2n) is 4.66. The number of carbonyl (C=O) groups excluding carboxylic acids is 1. The van der Waals surface area contributed by atoms with E-state index < -0.39 is 0 Å². The van der Waals surface area contributed by atoms with Gasteiger partial charge in [-0.3, -0.25) is 4.79 Å². The van der Waals surface area contributed by atoms with Gasteiger partial charge in [0.15, 0.2) is 0 Å². The second kappa shape index (κ2) is 5.56. The molecule has 2 rings (SSSR count). The van der Waals surface area contributed by atoms with Gasteiger partial charge in [0.1, 0.15) is 0 Å². The van der Waals surface area contributed by atoms with Gasteiger partial charge in [-0.05, 0) is 33.8 Å². The van der Waals surface area contributed by atoms with Gasteiger partial charge in [0.2, 0.25) is 11.1 Å². The highest BCUT2D eigenvalue weighted by Crippen LogP contribution is 2.14. The highest BCUT2D eigenvalue weighted by molar-refractivity contribution is 7.99. The van der Waals surface area contributed by atoms with Crippen molar-refractivity contribution in [3.8, 4) is 0 Å². The van der Waals surface area contributed by atoms with Crippen LogP contribution < -0.4 is 5.32 Å². The van der Waals surface area contributed by atoms with Gasteiger partial charge in [0.25, 0.3) is 5.78 Å². The van der Waals surface area contributed by atoms with Crippen LogP contribution in [0.5, 0.6) is 0 Å². The molecule has 0 aliphatic carbocycles. The highest BCUT2D eigenvalue weighted by Gasteiger charge is 2.10. The van der Waals surface area contributed by atoms with E-state index in [0.29, 0.717) is 16.7 Å². The van der Waals surface area contributed by atoms with E-state index in [1.807, 2.05) is 33.8 Å². The van der Waals surface area contributed by atoms with E-state index in [2.05, 4.69) is 20.4 Å². The van der Waals surface area contributed by atoms with Crippen molar-refractivity contribution in [3.63, 3.8) is 0 Å². The first-order valence-electron chi connectivity index (χ1n) is 6.09. The van der Waals surface area contributed by atoms with E-state index in [4.69, 9.17) is 0 Å². The summed E-state index contributed by atoms with van der Waals surface area (Å²) in [5.74, 6) is 0.872. The third-order valence-corrected chi connectivity index (χ3v) is 3.22. The Hall–Kier alpha value is -1.63. The van der Waals surface area contributed by atoms with Crippen LogP contribution in [0.15, 0.2) is 11.2 Å². The lowest BCUT2D eigenvalue weighted by Gasteiger charge is -2.06. The van der Waals surface area contributed by atoms with Crippen LogP contribution in [-0.4, -0.2) is 37.3 Å². The molecule has 6 nitrogen and oxygen atoms in total. The van der Waals surface area contributed by atoms with Crippen LogP contribution in [0.3, 0.4) is 0 Å². The van der Waals surface area contributed by atoms with Crippen LogP contribution in [0.1, 0.15) is 25.2 Å². The SMILES string of the molecule is Cc1cc(C)n2nc(SCC(=O)NC(C)C)nc2n1. The largest absolute Gasteiger partial charge is 0.353 e. The van der Waals surface area contributed by atoms with E-state index in [9.17, 15) is 4.79 Å². The molecule has 0 spiro atoms. The Bertz CT molecular complexity index is 607. The number of hydrogen-bond acceptors (Lipinski definition) is 5. The first-order valence-corrected chi connectivity index (χ1v) is 7.07. The monoisotopic (exact) mass is 279 g/mol. The average molecular weight is 279 g/mol. The van der Waals surface area contributed by atoms with Gasteiger partial charge in [-0.15, -0.1) is 5.10 Å². The first-order chi connectivity index (χ1) is 8.95. The standard InChI is InChI=1S/C12H17N5OS/c1-7(2)13-10(18)6-19-12-15-11-14-8(3)5-9(4)17(11)16-12/h5,7H,6H2,1-4H3,(H,13,18). The van der Waals surface area contributed by atoms with Gasteiger partial charge in [-0.25, -0.2) is 9.50 Å². The molecule has 2 aromatic heterocycles. The minimum absolute atomic E-state index is 0.0142. The molecule has 0 saturated heterocycles. The Morgan fingerprint density at radius 3 is 2.84 bits per heavy atom. The fourth-order valence-corrected chi connectivity index (χ4v) is 2.33. The summed E-state index contributed by atoms with van der Waals surface area (Å²) in [5.41, 5.74) is 1.89. The molecule has 2 aromatic rings. The highest BCUT2D eigenvalue weighted by atomic mass is 32.2. The summed E-state index contributed by atoms with van der Waals surface area (Å²) < 4.78 is 1.69. The molecule has 0 unspecified atom stereocenters. The van der Waals surface area contributed by atoms with Crippen LogP contribution in [0.2, 0.25) is 0 Å². The molecule has 1 amide bonds. The maximum atomic E-state index is 11.6. The lowest BCUT2D eigenvalue weighted by molar-refractivity contribution is -0.119. The third-order valence-electron chi connectivity index (χ3n) is 2.38. The minimum Gasteiger partial charge on any atom is -0.353 e. The number of carbonyl (C=O) groups is 1. The number of nitrogens with one attached hydrogen (secondary N) is 1. The summed E-state index contributed by atoms with van der Waals surface area (Å²) in [4.78, 5) is 20.2. The summed E-state index contributed by atoms with van der Waals surface area (Å²) in [6.45, 7) is 7.74. The predicted molar refractivity (Wildman–Crippen MR) is 74.3 cm³/mol. The number of amides is 1. The summed E-state index contributed by atoms with van der Waals surface area (Å²) in [6, 6.07) is 2.09. The molecule has 0 radical (unpaired) electrons. The predicted octanol–water partition coefficient (Wildman–Crippen LogP) is 1.36. The normalized spacial score (nSPS) is 11.2. The van der Waals surface area contributed by atoms with Gasteiger partial charge >= 0.3 is 0 Å². The molecular weight excluding hydrogens is 262 g/mol. The summed E-state index contributed by atoms with van der Waals surface area (Å²) in [5, 5.41) is 7.73. The number of hydrogen-bond donors (Lipinski definition) is 1. The third kappa shape index (κ3) is 3.44. The van der Waals surface area contributed by atoms with Gasteiger partial charge in [-0.1, -0.05) is 11.8 Å². The molecule has 19 heavy (non-hydrogen) atoms. The molecule has 2 heterocycles. The van der Waals surface area contributed by atoms with Crippen LogP contribution in [0.4, 0.5) is 0 Å². The van der Waals surface area contributed by atoms with Crippen molar-refractivity contribution in [2.75, 3.05) is 5.75 Å². The van der Waals surface area contributed by atoms with Crippen molar-refractivity contribution in [1.29, 1.82) is 0 Å². The van der Waals surface area contributed by atoms with Crippen molar-refractivity contribution in [1.82, 2.24) is 24.9 Å². The van der Waals surface area contributed by atoms with Crippen molar-refractivity contribution < 1.29 is 4.79 Å². The molecule has 0 aromatic carbocycles. The smallest absolute Gasteiger partial charge is 0.253 e. The number of aryl methyl sites for hydroxylation is 2. The van der Waals surface area contributed by atoms with E-state index in [1.54, 1.807) is 4.52 Å². The number of rotatable bonds is 4. The van der Waals surface area contributed by atoms with E-state index in [0.717, 1.165) is 11.4 Å². The molecular formula is C12H17N5OS. The molecule has 0 fully saturated rings. The van der Waals surface area contributed by atoms with Crippen LogP contribution in [0.25, 0.3) is 5.78 Å². The fourth-order valence-electron chi connectivity index (χ4n) is 1.70. The molecule has 0 atom stereocenters. The molecule has 7 heteroatoms. The number of thioether (sulfide) groups is 1. The van der Waals surface area contributed by atoms with Crippen molar-refractivity contribution in [3.05, 3.63) is 17.5 Å². The second-order valence-corrected chi connectivity index (χ2v) is 5.60. The van der Waals surface area contributed by atoms with Crippen LogP contribution in [0, 0.1) is 13.8 Å². The Labute approximate surface area is 116 Å². The van der Waals surface area contributed by atoms with E-state index in [1.165, 1.54) is 11.8 Å². The van der Waals surface area contributed by atoms with E-state index >= 15 is 0 Å². The first kappa shape index (κ1) is 13.8. The molecule has 0 aliphatic rings. The molecule has 0 aliphatic heterocycles. The van der Waals surface area contributed by atoms with Gasteiger partial charge in [-0.2, -0.15) is 4.98 Å². The van der Waals surface area contributed by atoms with Gasteiger partial charge in [0.05, 0.1) is 5.75 Å². The number of fused-ring (bicyclic) bond motifs is 1. The maximum Gasteiger partial charge on any atom is 0.253 e. The minimum atomic E-state index is -0.0142. The quantitative estimate of drug-likeness (QED) is 0.856. The number of nitrogens with zero attached hydrogens (tertiary/aromatic N) is 4. The Balaban J connectivity index is 2.10. The lowest BCUT2D eigenvalue weighted by Crippen LogP contribution is -2.31. The fraction of sp³-hybridized carbons (Fsp3) is 0.500. The van der Waals surface area contributed by atoms with E-state index in [-0.39, 0.29) is 11.9 Å². The molecule has 0 bridgehead atoms. The lowest BCUT2D eigenvalue weighted by atomic mass is 10.4. The zero-order chi connectivity index (χ0) is 14.0. The summed E-state index contributed by atoms with van der Waals surface area (Å²) in [6.07, 6.45) is 0. The molecule has 1 N–H and O–H groups in total. The topological polar surface area (TPSA) is 72.2 Å². The van der Waals surface area contributed by atoms with Gasteiger partial charge in [0, 0.05) is 17.4 Å². The Morgan fingerprint density at radius 1 is 1.42 bits per heavy atom. The summed E-state index contributed by atoms with van der Waals surface area (Å²) in [7, 11) is 0. The van der Waals surface area contributed by atoms with Crippen LogP contribution >= 0.6 is 11.8 Å². The summed E-state index contributed by atoms with van der Waals surface area (Å²) >= 11 is 1.32. The maximum absolute atomic E-state index is 11.6. The number of aromatic nitrogens is 4. The van der Waals surface area contributed by atoms with Crippen molar-refractivity contribution >= 4 is 23.4 Å². The Morgan fingerprint density at radius 2 is 2.16 bits per heavy atom. The van der Waals surface area contributed by atoms with Gasteiger partial charge < -0.3 is 5.32 Å². The zero-order valence-corrected chi connectivity index (χ0v) is 12.3. The molecule has 0 saturated carbocycles. The van der Waals surface area contributed by atoms with Crippen molar-refractivity contribution in [2.45, 2.75) is 38.9 Å². The van der Waals surface area contributed by atoms with Crippen LogP contribution in [-0.2, 0) is 4.79 Å². The molecule has 102 valence electrons. The van der Waals surface area contributed by atoms with Crippen molar-refractivity contribution in [2.24, 2.45) is 0 Å². The zero-order valence-electron chi connectivity index (χ0n) is 11.5. The Kier molecular flexibility index (Phi) is 4.04. The average Bonchev–Trinajstić information content (AvgIpc) is 2.68.